The summed E-state index contributed by atoms with van der Waals surface area (Å²) in [6.45, 7) is 12.6. The van der Waals surface area contributed by atoms with Gasteiger partial charge in [-0.3, -0.25) is 0 Å². The molecule has 0 radical (unpaired) electrons. The lowest BCUT2D eigenvalue weighted by Gasteiger charge is -2.26. The van der Waals surface area contributed by atoms with Crippen LogP contribution < -0.4 is 5.73 Å². The molecule has 0 fully saturated rings. The standard InChI is InChI=1S/C20H26ClN3O/c1-19(2,3)12-9-14(20(4,5)6)18(25)17(10-12)24-23-16-11-13(21)7-8-15(16)22/h7-11,25H,22H2,1-6H3. The molecular weight excluding hydrogens is 334 g/mol. The summed E-state index contributed by atoms with van der Waals surface area (Å²) in [5.74, 6) is 0.143. The lowest BCUT2D eigenvalue weighted by Crippen LogP contribution is -2.16. The first-order valence-electron chi connectivity index (χ1n) is 8.24. The molecule has 134 valence electrons. The highest BCUT2D eigenvalue weighted by atomic mass is 35.5. The van der Waals surface area contributed by atoms with Gasteiger partial charge in [0.2, 0.25) is 0 Å². The molecule has 0 bridgehead atoms. The maximum atomic E-state index is 10.7. The Balaban J connectivity index is 2.60. The third-order valence-corrected chi connectivity index (χ3v) is 4.26. The summed E-state index contributed by atoms with van der Waals surface area (Å²) in [5.41, 5.74) is 8.94. The molecule has 0 heterocycles. The van der Waals surface area contributed by atoms with Crippen LogP contribution in [0.25, 0.3) is 0 Å². The van der Waals surface area contributed by atoms with Crippen LogP contribution in [0.4, 0.5) is 17.1 Å². The van der Waals surface area contributed by atoms with E-state index in [1.807, 2.05) is 12.1 Å². The van der Waals surface area contributed by atoms with Crippen molar-refractivity contribution in [2.75, 3.05) is 5.73 Å². The first-order chi connectivity index (χ1) is 11.4. The van der Waals surface area contributed by atoms with Gasteiger partial charge in [0.15, 0.2) is 0 Å². The van der Waals surface area contributed by atoms with Crippen molar-refractivity contribution in [2.45, 2.75) is 52.4 Å². The smallest absolute Gasteiger partial charge is 0.146 e. The maximum absolute atomic E-state index is 10.7. The van der Waals surface area contributed by atoms with E-state index in [0.717, 1.165) is 11.1 Å². The van der Waals surface area contributed by atoms with Crippen molar-refractivity contribution in [1.29, 1.82) is 0 Å². The molecule has 2 aromatic carbocycles. The number of phenols is 1. The minimum absolute atomic E-state index is 0.0763. The zero-order valence-electron chi connectivity index (χ0n) is 15.7. The summed E-state index contributed by atoms with van der Waals surface area (Å²) in [5, 5.41) is 19.7. The van der Waals surface area contributed by atoms with Crippen LogP contribution in [-0.4, -0.2) is 5.11 Å². The Hall–Kier alpha value is -2.07. The molecule has 0 spiro atoms. The molecule has 0 saturated carbocycles. The van der Waals surface area contributed by atoms with Gasteiger partial charge in [0.1, 0.15) is 17.1 Å². The maximum Gasteiger partial charge on any atom is 0.146 e. The second kappa shape index (κ2) is 6.68. The SMILES string of the molecule is CC(C)(C)c1cc(N=Nc2cc(Cl)ccc2N)c(O)c(C(C)(C)C)c1. The molecule has 2 aromatic rings. The average Bonchev–Trinajstić information content (AvgIpc) is 2.47. The predicted molar refractivity (Wildman–Crippen MR) is 106 cm³/mol. The van der Waals surface area contributed by atoms with Crippen LogP contribution in [-0.2, 0) is 10.8 Å². The fourth-order valence-corrected chi connectivity index (χ4v) is 2.58. The molecule has 0 aliphatic rings. The largest absolute Gasteiger partial charge is 0.505 e. The van der Waals surface area contributed by atoms with Crippen molar-refractivity contribution < 1.29 is 5.11 Å². The number of nitrogens with zero attached hydrogens (tertiary/aromatic N) is 2. The van der Waals surface area contributed by atoms with Gasteiger partial charge in [-0.1, -0.05) is 59.2 Å². The highest BCUT2D eigenvalue weighted by molar-refractivity contribution is 6.31. The second-order valence-electron chi connectivity index (χ2n) is 8.29. The number of hydrogen-bond acceptors (Lipinski definition) is 4. The van der Waals surface area contributed by atoms with Gasteiger partial charge >= 0.3 is 0 Å². The Kier molecular flexibility index (Phi) is 5.14. The number of rotatable bonds is 2. The number of benzene rings is 2. The van der Waals surface area contributed by atoms with E-state index in [4.69, 9.17) is 17.3 Å². The number of phenolic OH excluding ortho intramolecular Hbond substituents is 1. The van der Waals surface area contributed by atoms with Crippen molar-refractivity contribution >= 4 is 28.7 Å². The van der Waals surface area contributed by atoms with E-state index in [1.54, 1.807) is 18.2 Å². The van der Waals surface area contributed by atoms with Crippen molar-refractivity contribution in [3.63, 3.8) is 0 Å². The number of azo groups is 1. The van der Waals surface area contributed by atoms with E-state index in [2.05, 4.69) is 51.8 Å². The Morgan fingerprint density at radius 1 is 0.880 bits per heavy atom. The van der Waals surface area contributed by atoms with Gasteiger partial charge in [0.05, 0.1) is 5.69 Å². The predicted octanol–water partition coefficient (Wildman–Crippen LogP) is 6.64. The quantitative estimate of drug-likeness (QED) is 0.466. The molecular formula is C20H26ClN3O. The Morgan fingerprint density at radius 3 is 2.04 bits per heavy atom. The first-order valence-corrected chi connectivity index (χ1v) is 8.62. The Labute approximate surface area is 154 Å². The van der Waals surface area contributed by atoms with Crippen LogP contribution in [0.2, 0.25) is 5.02 Å². The molecule has 2 rings (SSSR count). The molecule has 25 heavy (non-hydrogen) atoms. The molecule has 4 nitrogen and oxygen atoms in total. The minimum atomic E-state index is -0.218. The lowest BCUT2D eigenvalue weighted by atomic mass is 9.80. The van der Waals surface area contributed by atoms with E-state index in [-0.39, 0.29) is 16.6 Å². The Morgan fingerprint density at radius 2 is 1.48 bits per heavy atom. The zero-order valence-corrected chi connectivity index (χ0v) is 16.4. The summed E-state index contributed by atoms with van der Waals surface area (Å²) in [6, 6.07) is 8.95. The van der Waals surface area contributed by atoms with Crippen molar-refractivity contribution in [2.24, 2.45) is 10.2 Å². The highest BCUT2D eigenvalue weighted by Gasteiger charge is 2.25. The van der Waals surface area contributed by atoms with Gasteiger partial charge in [0, 0.05) is 10.6 Å². The highest BCUT2D eigenvalue weighted by Crippen LogP contribution is 2.42. The van der Waals surface area contributed by atoms with E-state index < -0.39 is 0 Å². The second-order valence-corrected chi connectivity index (χ2v) is 8.73. The van der Waals surface area contributed by atoms with Gasteiger partial charge in [-0.15, -0.1) is 10.2 Å². The van der Waals surface area contributed by atoms with Crippen LogP contribution >= 0.6 is 11.6 Å². The minimum Gasteiger partial charge on any atom is -0.505 e. The number of nitrogen functional groups attached to an aromatic ring is 1. The number of nitrogens with two attached hydrogens (primary N) is 1. The molecule has 0 atom stereocenters. The summed E-state index contributed by atoms with van der Waals surface area (Å²) in [6.07, 6.45) is 0. The van der Waals surface area contributed by atoms with Gasteiger partial charge < -0.3 is 10.8 Å². The monoisotopic (exact) mass is 359 g/mol. The van der Waals surface area contributed by atoms with Crippen molar-refractivity contribution in [3.8, 4) is 5.75 Å². The van der Waals surface area contributed by atoms with Crippen LogP contribution in [0.1, 0.15) is 52.7 Å². The summed E-state index contributed by atoms with van der Waals surface area (Å²) >= 11 is 5.99. The van der Waals surface area contributed by atoms with Gasteiger partial charge in [-0.25, -0.2) is 0 Å². The molecule has 3 N–H and O–H groups in total. The normalized spacial score (nSPS) is 12.8. The van der Waals surface area contributed by atoms with Gasteiger partial charge in [-0.05, 0) is 40.7 Å². The van der Waals surface area contributed by atoms with E-state index in [9.17, 15) is 5.11 Å². The lowest BCUT2D eigenvalue weighted by molar-refractivity contribution is 0.446. The topological polar surface area (TPSA) is 71.0 Å². The molecule has 5 heteroatoms. The van der Waals surface area contributed by atoms with Gasteiger partial charge in [0.25, 0.3) is 0 Å². The van der Waals surface area contributed by atoms with Crippen LogP contribution in [0.3, 0.4) is 0 Å². The van der Waals surface area contributed by atoms with E-state index in [0.29, 0.717) is 22.1 Å². The van der Waals surface area contributed by atoms with Crippen molar-refractivity contribution in [3.05, 3.63) is 46.5 Å². The van der Waals surface area contributed by atoms with Crippen LogP contribution in [0.5, 0.6) is 5.75 Å². The first kappa shape index (κ1) is 19.3. The third kappa shape index (κ3) is 4.51. The summed E-state index contributed by atoms with van der Waals surface area (Å²) in [7, 11) is 0. The Bertz CT molecular complexity index is 815. The fraction of sp³-hybridized carbons (Fsp3) is 0.400. The van der Waals surface area contributed by atoms with E-state index >= 15 is 0 Å². The van der Waals surface area contributed by atoms with Crippen LogP contribution in [0.15, 0.2) is 40.6 Å². The number of anilines is 1. The van der Waals surface area contributed by atoms with Crippen molar-refractivity contribution in [1.82, 2.24) is 0 Å². The van der Waals surface area contributed by atoms with E-state index in [1.165, 1.54) is 0 Å². The molecule has 0 aromatic heterocycles. The zero-order chi connectivity index (χ0) is 19.0. The molecule has 0 unspecified atom stereocenters. The number of halogens is 1. The van der Waals surface area contributed by atoms with Gasteiger partial charge in [-0.2, -0.15) is 0 Å². The molecule has 0 aliphatic heterocycles. The molecule has 0 amide bonds. The fourth-order valence-electron chi connectivity index (χ4n) is 2.41. The molecule has 0 saturated heterocycles. The number of hydrogen-bond donors (Lipinski definition) is 2. The molecule has 0 aliphatic carbocycles. The average molecular weight is 360 g/mol. The van der Waals surface area contributed by atoms with Crippen LogP contribution in [0, 0.1) is 0 Å². The summed E-state index contributed by atoms with van der Waals surface area (Å²) < 4.78 is 0. The summed E-state index contributed by atoms with van der Waals surface area (Å²) in [4.78, 5) is 0. The number of aromatic hydroxyl groups is 1. The third-order valence-electron chi connectivity index (χ3n) is 4.02.